The van der Waals surface area contributed by atoms with Gasteiger partial charge in [0.1, 0.15) is 5.78 Å². The Morgan fingerprint density at radius 2 is 1.62 bits per heavy atom. The van der Waals surface area contributed by atoms with Gasteiger partial charge in [0.25, 0.3) is 0 Å². The van der Waals surface area contributed by atoms with Gasteiger partial charge in [-0.2, -0.15) is 0 Å². The van der Waals surface area contributed by atoms with Gasteiger partial charge in [0.05, 0.1) is 5.41 Å². The van der Waals surface area contributed by atoms with Crippen LogP contribution in [-0.4, -0.2) is 18.2 Å². The molecule has 3 heteroatoms. The van der Waals surface area contributed by atoms with E-state index in [0.717, 1.165) is 31.5 Å². The van der Waals surface area contributed by atoms with Crippen molar-refractivity contribution < 1.29 is 9.59 Å². The Bertz CT molecular complexity index is 549. The molecule has 0 unspecified atom stereocenters. The highest BCUT2D eigenvalue weighted by molar-refractivity contribution is 6.01. The number of hydrogen-bond acceptors (Lipinski definition) is 2. The van der Waals surface area contributed by atoms with Gasteiger partial charge in [0.15, 0.2) is 0 Å². The van der Waals surface area contributed by atoms with Gasteiger partial charge in [0.2, 0.25) is 5.91 Å². The number of rotatable bonds is 2. The Labute approximate surface area is 126 Å². The largest absolute Gasteiger partial charge is 0.312 e. The molecule has 2 fully saturated rings. The Hall–Kier alpha value is -1.64. The summed E-state index contributed by atoms with van der Waals surface area (Å²) < 4.78 is 0. The second-order valence-electron chi connectivity index (χ2n) is 6.77. The summed E-state index contributed by atoms with van der Waals surface area (Å²) in [6.45, 7) is 5.13. The van der Waals surface area contributed by atoms with Crippen LogP contribution in [0.15, 0.2) is 24.3 Å². The van der Waals surface area contributed by atoms with Crippen LogP contribution in [-0.2, 0) is 9.59 Å². The molecule has 0 aromatic heterocycles. The van der Waals surface area contributed by atoms with E-state index in [-0.39, 0.29) is 11.3 Å². The van der Waals surface area contributed by atoms with E-state index in [2.05, 4.69) is 38.1 Å². The average molecular weight is 285 g/mol. The number of ketones is 1. The number of carbonyl (C=O) groups excluding carboxylic acids is 2. The normalized spacial score (nSPS) is 21.6. The lowest BCUT2D eigenvalue weighted by atomic mass is 9.72. The Kier molecular flexibility index (Phi) is 3.60. The molecule has 1 heterocycles. The fourth-order valence-electron chi connectivity index (χ4n) is 3.58. The Balaban J connectivity index is 1.78. The van der Waals surface area contributed by atoms with Crippen LogP contribution in [0.3, 0.4) is 0 Å². The van der Waals surface area contributed by atoms with Gasteiger partial charge in [-0.15, -0.1) is 0 Å². The molecule has 1 spiro atoms. The monoisotopic (exact) mass is 285 g/mol. The highest BCUT2D eigenvalue weighted by atomic mass is 16.2. The number of carbonyl (C=O) groups is 2. The minimum absolute atomic E-state index is 0.229. The van der Waals surface area contributed by atoms with Crippen LogP contribution in [0.25, 0.3) is 0 Å². The van der Waals surface area contributed by atoms with Gasteiger partial charge in [-0.25, -0.2) is 0 Å². The molecule has 1 amide bonds. The Morgan fingerprint density at radius 1 is 1.00 bits per heavy atom. The number of anilines is 1. The summed E-state index contributed by atoms with van der Waals surface area (Å²) >= 11 is 0. The van der Waals surface area contributed by atoms with Gasteiger partial charge in [-0.05, 0) is 42.9 Å². The molecule has 0 atom stereocenters. The van der Waals surface area contributed by atoms with E-state index in [1.54, 1.807) is 0 Å². The van der Waals surface area contributed by atoms with Crippen molar-refractivity contribution in [3.05, 3.63) is 29.8 Å². The third kappa shape index (κ3) is 2.50. The van der Waals surface area contributed by atoms with Crippen LogP contribution in [0.4, 0.5) is 5.69 Å². The van der Waals surface area contributed by atoms with Gasteiger partial charge >= 0.3 is 0 Å². The van der Waals surface area contributed by atoms with Crippen molar-refractivity contribution in [2.75, 3.05) is 11.4 Å². The fraction of sp³-hybridized carbons (Fsp3) is 0.556. The summed E-state index contributed by atoms with van der Waals surface area (Å²) in [7, 11) is 0. The van der Waals surface area contributed by atoms with E-state index in [4.69, 9.17) is 0 Å². The van der Waals surface area contributed by atoms with Crippen molar-refractivity contribution in [3.8, 4) is 0 Å². The molecule has 3 rings (SSSR count). The first-order valence-electron chi connectivity index (χ1n) is 7.95. The van der Waals surface area contributed by atoms with E-state index in [1.807, 2.05) is 4.90 Å². The lowest BCUT2D eigenvalue weighted by Crippen LogP contribution is -2.37. The zero-order chi connectivity index (χ0) is 15.0. The number of hydrogen-bond donors (Lipinski definition) is 0. The van der Waals surface area contributed by atoms with Crippen LogP contribution < -0.4 is 4.90 Å². The Morgan fingerprint density at radius 3 is 2.19 bits per heavy atom. The number of benzene rings is 1. The first-order chi connectivity index (χ1) is 10.0. The van der Waals surface area contributed by atoms with E-state index < -0.39 is 0 Å². The minimum Gasteiger partial charge on any atom is -0.312 e. The van der Waals surface area contributed by atoms with Crippen molar-refractivity contribution in [2.45, 2.75) is 51.9 Å². The molecule has 0 radical (unpaired) electrons. The van der Waals surface area contributed by atoms with Gasteiger partial charge in [-0.1, -0.05) is 26.0 Å². The lowest BCUT2D eigenvalue weighted by molar-refractivity contribution is -0.130. The summed E-state index contributed by atoms with van der Waals surface area (Å²) in [4.78, 5) is 26.2. The lowest BCUT2D eigenvalue weighted by Gasteiger charge is -2.31. The second-order valence-corrected chi connectivity index (χ2v) is 6.77. The summed E-state index contributed by atoms with van der Waals surface area (Å²) in [5.41, 5.74) is 2.03. The zero-order valence-corrected chi connectivity index (χ0v) is 12.9. The molecular weight excluding hydrogens is 262 g/mol. The maximum Gasteiger partial charge on any atom is 0.233 e. The van der Waals surface area contributed by atoms with Crippen molar-refractivity contribution in [1.29, 1.82) is 0 Å². The van der Waals surface area contributed by atoms with Gasteiger partial charge in [0, 0.05) is 25.1 Å². The number of nitrogens with zero attached hydrogens (tertiary/aromatic N) is 1. The SMILES string of the molecule is CC(C)c1ccc(N2CCC3(CCC(=O)CC3)C2=O)cc1. The molecule has 3 nitrogen and oxygen atoms in total. The third-order valence-electron chi connectivity index (χ3n) is 5.15. The van der Waals surface area contributed by atoms with Crippen LogP contribution >= 0.6 is 0 Å². The molecule has 1 aromatic rings. The maximum absolute atomic E-state index is 12.8. The standard InChI is InChI=1S/C18H23NO2/c1-13(2)14-3-5-15(6-4-14)19-12-11-18(17(19)21)9-7-16(20)8-10-18/h3-6,13H,7-12H2,1-2H3. The molecule has 21 heavy (non-hydrogen) atoms. The van der Waals surface area contributed by atoms with Crippen LogP contribution in [0.2, 0.25) is 0 Å². The first-order valence-corrected chi connectivity index (χ1v) is 7.95. The number of amides is 1. The molecule has 0 bridgehead atoms. The highest BCUT2D eigenvalue weighted by Gasteiger charge is 2.48. The van der Waals surface area contributed by atoms with Crippen molar-refractivity contribution in [1.82, 2.24) is 0 Å². The fourth-order valence-corrected chi connectivity index (χ4v) is 3.58. The molecular formula is C18H23NO2. The molecule has 1 saturated heterocycles. The average Bonchev–Trinajstić information content (AvgIpc) is 2.80. The quantitative estimate of drug-likeness (QED) is 0.831. The number of Topliss-reactive ketones (excluding diaryl/α,β-unsaturated/α-hetero) is 1. The maximum atomic E-state index is 12.8. The molecule has 1 aliphatic heterocycles. The zero-order valence-electron chi connectivity index (χ0n) is 12.9. The van der Waals surface area contributed by atoms with Crippen molar-refractivity contribution in [2.24, 2.45) is 5.41 Å². The van der Waals surface area contributed by atoms with Crippen LogP contribution in [0.5, 0.6) is 0 Å². The van der Waals surface area contributed by atoms with Crippen molar-refractivity contribution >= 4 is 17.4 Å². The first kappa shape index (κ1) is 14.3. The highest BCUT2D eigenvalue weighted by Crippen LogP contribution is 2.45. The molecule has 1 saturated carbocycles. The minimum atomic E-state index is -0.259. The molecule has 1 aromatic carbocycles. The van der Waals surface area contributed by atoms with E-state index in [9.17, 15) is 9.59 Å². The molecule has 112 valence electrons. The molecule has 2 aliphatic rings. The van der Waals surface area contributed by atoms with E-state index in [0.29, 0.717) is 24.5 Å². The summed E-state index contributed by atoms with van der Waals surface area (Å²) in [5, 5.41) is 0. The van der Waals surface area contributed by atoms with Gasteiger partial charge in [-0.3, -0.25) is 9.59 Å². The van der Waals surface area contributed by atoms with E-state index in [1.165, 1.54) is 5.56 Å². The molecule has 0 N–H and O–H groups in total. The smallest absolute Gasteiger partial charge is 0.233 e. The topological polar surface area (TPSA) is 37.4 Å². The van der Waals surface area contributed by atoms with Crippen LogP contribution in [0, 0.1) is 5.41 Å². The molecule has 1 aliphatic carbocycles. The summed E-state index contributed by atoms with van der Waals surface area (Å²) in [5.74, 6) is 1.05. The second kappa shape index (κ2) is 5.28. The third-order valence-corrected chi connectivity index (χ3v) is 5.15. The van der Waals surface area contributed by atoms with E-state index >= 15 is 0 Å². The predicted octanol–water partition coefficient (Wildman–Crippen LogP) is 3.68. The summed E-state index contributed by atoms with van der Waals surface area (Å²) in [6.07, 6.45) is 3.53. The predicted molar refractivity (Wildman–Crippen MR) is 83.4 cm³/mol. The summed E-state index contributed by atoms with van der Waals surface area (Å²) in [6, 6.07) is 8.34. The van der Waals surface area contributed by atoms with Crippen molar-refractivity contribution in [3.63, 3.8) is 0 Å². The van der Waals surface area contributed by atoms with Gasteiger partial charge < -0.3 is 4.90 Å². The van der Waals surface area contributed by atoms with Crippen LogP contribution in [0.1, 0.15) is 57.4 Å².